The van der Waals surface area contributed by atoms with E-state index in [1.165, 1.54) is 24.3 Å². The van der Waals surface area contributed by atoms with E-state index >= 15 is 0 Å². The highest BCUT2D eigenvalue weighted by molar-refractivity contribution is 7.92. The van der Waals surface area contributed by atoms with Crippen LogP contribution in [0.2, 0.25) is 5.02 Å². The van der Waals surface area contributed by atoms with Gasteiger partial charge in [-0.05, 0) is 52.7 Å². The molecule has 0 aliphatic carbocycles. The summed E-state index contributed by atoms with van der Waals surface area (Å²) >= 11 is 11.3. The molecule has 1 N–H and O–H groups in total. The van der Waals surface area contributed by atoms with Gasteiger partial charge in [-0.25, -0.2) is 8.42 Å². The number of rotatable bonds is 4. The highest BCUT2D eigenvalue weighted by Crippen LogP contribution is 2.26. The smallest absolute Gasteiger partial charge is 0.261 e. The van der Waals surface area contributed by atoms with Crippen LogP contribution >= 0.6 is 23.2 Å². The standard InChI is InChI=1S/C17H11Cl2NO3S/c18-13-6-8-16(15(10-13)17(19)21)20-24(22,23)14-7-5-11-3-1-2-4-12(11)9-14/h1-10,20H. The molecule has 3 rings (SSSR count). The summed E-state index contributed by atoms with van der Waals surface area (Å²) in [6.45, 7) is 0. The number of hydrogen-bond acceptors (Lipinski definition) is 3. The van der Waals surface area contributed by atoms with Crippen molar-refractivity contribution in [2.24, 2.45) is 0 Å². The van der Waals surface area contributed by atoms with Crippen LogP contribution in [-0.2, 0) is 10.0 Å². The van der Waals surface area contributed by atoms with Gasteiger partial charge in [0.2, 0.25) is 0 Å². The maximum atomic E-state index is 12.6. The molecule has 3 aromatic carbocycles. The molecule has 4 nitrogen and oxygen atoms in total. The highest BCUT2D eigenvalue weighted by atomic mass is 35.5. The van der Waals surface area contributed by atoms with Gasteiger partial charge in [-0.2, -0.15) is 0 Å². The van der Waals surface area contributed by atoms with Gasteiger partial charge < -0.3 is 0 Å². The Morgan fingerprint density at radius 3 is 2.33 bits per heavy atom. The molecule has 0 saturated carbocycles. The first kappa shape index (κ1) is 16.8. The molecule has 7 heteroatoms. The normalized spacial score (nSPS) is 11.4. The second-order valence-corrected chi connectivity index (χ2v) is 7.54. The molecule has 3 aromatic rings. The minimum absolute atomic E-state index is 0.00599. The molecule has 0 fully saturated rings. The molecule has 122 valence electrons. The molecule has 0 spiro atoms. The predicted molar refractivity (Wildman–Crippen MR) is 96.4 cm³/mol. The number of halogens is 2. The minimum Gasteiger partial charge on any atom is -0.279 e. The van der Waals surface area contributed by atoms with Gasteiger partial charge in [0.05, 0.1) is 16.1 Å². The molecule has 0 aliphatic rings. The maximum absolute atomic E-state index is 12.6. The summed E-state index contributed by atoms with van der Waals surface area (Å²) in [7, 11) is -3.88. The van der Waals surface area contributed by atoms with Gasteiger partial charge >= 0.3 is 0 Å². The summed E-state index contributed by atoms with van der Waals surface area (Å²) in [4.78, 5) is 11.6. The highest BCUT2D eigenvalue weighted by Gasteiger charge is 2.18. The summed E-state index contributed by atoms with van der Waals surface area (Å²) in [6.07, 6.45) is 0. The largest absolute Gasteiger partial charge is 0.279 e. The lowest BCUT2D eigenvalue weighted by Gasteiger charge is -2.11. The van der Waals surface area contributed by atoms with Crippen molar-refractivity contribution in [1.82, 2.24) is 0 Å². The number of carbonyl (C=O) groups is 1. The van der Waals surface area contributed by atoms with E-state index < -0.39 is 15.3 Å². The van der Waals surface area contributed by atoms with E-state index in [1.807, 2.05) is 24.3 Å². The van der Waals surface area contributed by atoms with Gasteiger partial charge in [-0.15, -0.1) is 0 Å². The van der Waals surface area contributed by atoms with Crippen LogP contribution in [0, 0.1) is 0 Å². The van der Waals surface area contributed by atoms with Gasteiger partial charge in [-0.3, -0.25) is 9.52 Å². The zero-order chi connectivity index (χ0) is 17.3. The van der Waals surface area contributed by atoms with E-state index in [4.69, 9.17) is 23.2 Å². The molecular formula is C17H11Cl2NO3S. The predicted octanol–water partition coefficient (Wildman–Crippen LogP) is 4.67. The first-order valence-electron chi connectivity index (χ1n) is 6.88. The second kappa shape index (κ2) is 6.43. The number of hydrogen-bond donors (Lipinski definition) is 1. The molecule has 0 atom stereocenters. The average Bonchev–Trinajstić information content (AvgIpc) is 2.55. The van der Waals surface area contributed by atoms with Gasteiger partial charge in [0.25, 0.3) is 15.3 Å². The zero-order valence-corrected chi connectivity index (χ0v) is 14.5. The van der Waals surface area contributed by atoms with Crippen molar-refractivity contribution in [2.75, 3.05) is 4.72 Å². The minimum atomic E-state index is -3.88. The fourth-order valence-electron chi connectivity index (χ4n) is 2.31. The van der Waals surface area contributed by atoms with Crippen molar-refractivity contribution < 1.29 is 13.2 Å². The number of anilines is 1. The van der Waals surface area contributed by atoms with Crippen LogP contribution in [0.4, 0.5) is 5.69 Å². The third-order valence-electron chi connectivity index (χ3n) is 3.47. The molecule has 0 amide bonds. The molecule has 24 heavy (non-hydrogen) atoms. The Morgan fingerprint density at radius 1 is 0.917 bits per heavy atom. The monoisotopic (exact) mass is 379 g/mol. The fraction of sp³-hybridized carbons (Fsp3) is 0. The van der Waals surface area contributed by atoms with Crippen molar-refractivity contribution in [2.45, 2.75) is 4.90 Å². The van der Waals surface area contributed by atoms with Crippen LogP contribution in [0.3, 0.4) is 0 Å². The second-order valence-electron chi connectivity index (χ2n) is 5.08. The van der Waals surface area contributed by atoms with Crippen molar-refractivity contribution in [3.8, 4) is 0 Å². The third kappa shape index (κ3) is 3.38. The number of sulfonamides is 1. The third-order valence-corrected chi connectivity index (χ3v) is 5.27. The van der Waals surface area contributed by atoms with Crippen LogP contribution in [0.25, 0.3) is 10.8 Å². The van der Waals surface area contributed by atoms with E-state index in [9.17, 15) is 13.2 Å². The van der Waals surface area contributed by atoms with E-state index in [-0.39, 0.29) is 21.2 Å². The molecule has 0 saturated heterocycles. The Kier molecular flexibility index (Phi) is 4.49. The lowest BCUT2D eigenvalue weighted by atomic mass is 10.1. The van der Waals surface area contributed by atoms with E-state index in [0.717, 1.165) is 10.8 Å². The fourth-order valence-corrected chi connectivity index (χ4v) is 3.75. The lowest BCUT2D eigenvalue weighted by molar-refractivity contribution is 0.108. The molecule has 0 unspecified atom stereocenters. The van der Waals surface area contributed by atoms with Gasteiger partial charge in [0, 0.05) is 5.02 Å². The Hall–Kier alpha value is -2.08. The Bertz CT molecular complexity index is 1050. The summed E-state index contributed by atoms with van der Waals surface area (Å²) in [5.41, 5.74) is 0.0705. The molecule has 0 aliphatic heterocycles. The number of fused-ring (bicyclic) bond motifs is 1. The number of nitrogens with one attached hydrogen (secondary N) is 1. The Labute approximate surface area is 149 Å². The molecule has 0 bridgehead atoms. The first-order chi connectivity index (χ1) is 11.4. The molecular weight excluding hydrogens is 369 g/mol. The van der Waals surface area contributed by atoms with Gasteiger partial charge in [0.15, 0.2) is 0 Å². The van der Waals surface area contributed by atoms with E-state index in [1.54, 1.807) is 12.1 Å². The summed E-state index contributed by atoms with van der Waals surface area (Å²) in [5, 5.41) is 1.21. The summed E-state index contributed by atoms with van der Waals surface area (Å²) in [6, 6.07) is 16.4. The number of benzene rings is 3. The molecule has 0 radical (unpaired) electrons. The quantitative estimate of drug-likeness (QED) is 0.669. The lowest BCUT2D eigenvalue weighted by Crippen LogP contribution is -2.14. The van der Waals surface area contributed by atoms with Crippen molar-refractivity contribution >= 4 is 54.9 Å². The van der Waals surface area contributed by atoms with Crippen LogP contribution < -0.4 is 4.72 Å². The first-order valence-corrected chi connectivity index (χ1v) is 9.12. The maximum Gasteiger partial charge on any atom is 0.261 e. The summed E-state index contributed by atoms with van der Waals surface area (Å²) in [5.74, 6) is 0. The SMILES string of the molecule is O=C(Cl)c1cc(Cl)ccc1NS(=O)(=O)c1ccc2ccccc2c1. The van der Waals surface area contributed by atoms with Crippen LogP contribution in [-0.4, -0.2) is 13.7 Å². The average molecular weight is 380 g/mol. The van der Waals surface area contributed by atoms with Crippen LogP contribution in [0.15, 0.2) is 65.6 Å². The van der Waals surface area contributed by atoms with E-state index in [0.29, 0.717) is 0 Å². The van der Waals surface area contributed by atoms with Gasteiger partial charge in [0.1, 0.15) is 0 Å². The molecule has 0 aromatic heterocycles. The molecule has 0 heterocycles. The van der Waals surface area contributed by atoms with Crippen LogP contribution in [0.1, 0.15) is 10.4 Å². The summed E-state index contributed by atoms with van der Waals surface area (Å²) < 4.78 is 27.6. The Balaban J connectivity index is 2.03. The van der Waals surface area contributed by atoms with Gasteiger partial charge in [-0.1, -0.05) is 41.9 Å². The van der Waals surface area contributed by atoms with Crippen molar-refractivity contribution in [3.05, 3.63) is 71.2 Å². The van der Waals surface area contributed by atoms with Crippen molar-refractivity contribution in [1.29, 1.82) is 0 Å². The Morgan fingerprint density at radius 2 is 1.62 bits per heavy atom. The van der Waals surface area contributed by atoms with Crippen LogP contribution in [0.5, 0.6) is 0 Å². The van der Waals surface area contributed by atoms with Crippen molar-refractivity contribution in [3.63, 3.8) is 0 Å². The number of carbonyl (C=O) groups excluding carboxylic acids is 1. The topological polar surface area (TPSA) is 63.2 Å². The van der Waals surface area contributed by atoms with E-state index in [2.05, 4.69) is 4.72 Å². The zero-order valence-electron chi connectivity index (χ0n) is 12.2.